The van der Waals surface area contributed by atoms with Crippen LogP contribution in [0.15, 0.2) is 90.6 Å². The van der Waals surface area contributed by atoms with Crippen LogP contribution in [0.4, 0.5) is 10.1 Å². The van der Waals surface area contributed by atoms with E-state index in [9.17, 15) is 9.18 Å². The Morgan fingerprint density at radius 1 is 0.885 bits per heavy atom. The Morgan fingerprint density at radius 2 is 1.58 bits per heavy atom. The molecule has 0 bridgehead atoms. The van der Waals surface area contributed by atoms with Crippen LogP contribution in [-0.4, -0.2) is 5.78 Å². The zero-order valence-corrected chi connectivity index (χ0v) is 13.9. The van der Waals surface area contributed by atoms with Gasteiger partial charge in [0.15, 0.2) is 11.9 Å². The first-order chi connectivity index (χ1) is 12.7. The number of Topliss-reactive ketones (excluding diaryl/α,β-unsaturated/α-hetero) is 1. The summed E-state index contributed by atoms with van der Waals surface area (Å²) in [6.45, 7) is 0. The van der Waals surface area contributed by atoms with Crippen molar-refractivity contribution in [1.29, 1.82) is 0 Å². The molecule has 0 aromatic heterocycles. The standard InChI is InChI=1S/C22H16FNO2/c23-16-10-12-17(13-11-16)24-14-19-21(25)18-8-4-5-9-20(18)26-22(19)15-6-2-1-3-7-15/h1-14,22,24H/b19-14+. The van der Waals surface area contributed by atoms with Crippen LogP contribution in [0.1, 0.15) is 22.0 Å². The number of halogens is 1. The van der Waals surface area contributed by atoms with Gasteiger partial charge in [-0.1, -0.05) is 42.5 Å². The highest BCUT2D eigenvalue weighted by Gasteiger charge is 2.32. The van der Waals surface area contributed by atoms with E-state index in [2.05, 4.69) is 5.32 Å². The van der Waals surface area contributed by atoms with Gasteiger partial charge in [-0.25, -0.2) is 4.39 Å². The molecule has 1 aliphatic rings. The molecule has 1 aliphatic heterocycles. The first-order valence-corrected chi connectivity index (χ1v) is 8.30. The van der Waals surface area contributed by atoms with Crippen molar-refractivity contribution in [2.24, 2.45) is 0 Å². The minimum absolute atomic E-state index is 0.0877. The maximum atomic E-state index is 13.1. The van der Waals surface area contributed by atoms with Crippen LogP contribution in [0.5, 0.6) is 5.75 Å². The lowest BCUT2D eigenvalue weighted by Gasteiger charge is -2.28. The monoisotopic (exact) mass is 345 g/mol. The largest absolute Gasteiger partial charge is 0.480 e. The molecular formula is C22H16FNO2. The first kappa shape index (κ1) is 16.1. The smallest absolute Gasteiger partial charge is 0.198 e. The van der Waals surface area contributed by atoms with Gasteiger partial charge in [0.25, 0.3) is 0 Å². The number of para-hydroxylation sites is 1. The van der Waals surface area contributed by atoms with Gasteiger partial charge in [-0.3, -0.25) is 4.79 Å². The Labute approximate surface area is 150 Å². The summed E-state index contributed by atoms with van der Waals surface area (Å²) >= 11 is 0. The number of carbonyl (C=O) groups is 1. The van der Waals surface area contributed by atoms with Crippen molar-refractivity contribution < 1.29 is 13.9 Å². The van der Waals surface area contributed by atoms with Crippen LogP contribution in [0.25, 0.3) is 0 Å². The molecule has 1 heterocycles. The number of anilines is 1. The van der Waals surface area contributed by atoms with Crippen molar-refractivity contribution in [3.05, 3.63) is 108 Å². The molecule has 0 aliphatic carbocycles. The van der Waals surface area contributed by atoms with Gasteiger partial charge < -0.3 is 10.1 Å². The van der Waals surface area contributed by atoms with Crippen LogP contribution >= 0.6 is 0 Å². The predicted molar refractivity (Wildman–Crippen MR) is 98.7 cm³/mol. The number of fused-ring (bicyclic) bond motifs is 1. The zero-order valence-electron chi connectivity index (χ0n) is 13.9. The van der Waals surface area contributed by atoms with Crippen LogP contribution in [0.3, 0.4) is 0 Å². The Bertz CT molecular complexity index is 965. The summed E-state index contributed by atoms with van der Waals surface area (Å²) in [5.41, 5.74) is 2.62. The lowest BCUT2D eigenvalue weighted by Crippen LogP contribution is -2.24. The summed E-state index contributed by atoms with van der Waals surface area (Å²) in [4.78, 5) is 13.0. The Balaban J connectivity index is 1.74. The van der Waals surface area contributed by atoms with Crippen molar-refractivity contribution >= 4 is 11.5 Å². The highest BCUT2D eigenvalue weighted by Crippen LogP contribution is 2.38. The van der Waals surface area contributed by atoms with Gasteiger partial charge in [-0.2, -0.15) is 0 Å². The lowest BCUT2D eigenvalue weighted by molar-refractivity contribution is 0.0961. The molecule has 3 aromatic carbocycles. The average Bonchev–Trinajstić information content (AvgIpc) is 2.69. The number of rotatable bonds is 3. The van der Waals surface area contributed by atoms with Gasteiger partial charge in [-0.05, 0) is 42.0 Å². The molecule has 0 radical (unpaired) electrons. The van der Waals surface area contributed by atoms with E-state index in [4.69, 9.17) is 4.74 Å². The molecular weight excluding hydrogens is 329 g/mol. The van der Waals surface area contributed by atoms with Crippen LogP contribution in [0.2, 0.25) is 0 Å². The number of hydrogen-bond donors (Lipinski definition) is 1. The summed E-state index contributed by atoms with van der Waals surface area (Å²) in [7, 11) is 0. The minimum atomic E-state index is -0.508. The number of ether oxygens (including phenoxy) is 1. The molecule has 0 amide bonds. The Morgan fingerprint density at radius 3 is 2.35 bits per heavy atom. The maximum Gasteiger partial charge on any atom is 0.198 e. The topological polar surface area (TPSA) is 38.3 Å². The van der Waals surface area contributed by atoms with E-state index < -0.39 is 6.10 Å². The van der Waals surface area contributed by atoms with E-state index in [1.165, 1.54) is 12.1 Å². The second-order valence-corrected chi connectivity index (χ2v) is 5.98. The van der Waals surface area contributed by atoms with Crippen molar-refractivity contribution in [2.45, 2.75) is 6.10 Å². The van der Waals surface area contributed by atoms with Gasteiger partial charge in [0.1, 0.15) is 11.6 Å². The van der Waals surface area contributed by atoms with Crippen molar-refractivity contribution in [2.75, 3.05) is 5.32 Å². The number of ketones is 1. The first-order valence-electron chi connectivity index (χ1n) is 8.30. The van der Waals surface area contributed by atoms with E-state index in [1.54, 1.807) is 30.5 Å². The highest BCUT2D eigenvalue weighted by atomic mass is 19.1. The van der Waals surface area contributed by atoms with Gasteiger partial charge in [0, 0.05) is 11.9 Å². The fourth-order valence-corrected chi connectivity index (χ4v) is 2.95. The predicted octanol–water partition coefficient (Wildman–Crippen LogP) is 5.14. The summed E-state index contributed by atoms with van der Waals surface area (Å²) in [6.07, 6.45) is 1.13. The average molecular weight is 345 g/mol. The minimum Gasteiger partial charge on any atom is -0.480 e. The molecule has 0 saturated heterocycles. The van der Waals surface area contributed by atoms with E-state index >= 15 is 0 Å². The SMILES string of the molecule is O=C1/C(=C\Nc2ccc(F)cc2)C(c2ccccc2)Oc2ccccc21. The van der Waals surface area contributed by atoms with Crippen molar-refractivity contribution in [3.63, 3.8) is 0 Å². The fraction of sp³-hybridized carbons (Fsp3) is 0.0455. The normalized spacial score (nSPS) is 17.5. The molecule has 4 rings (SSSR count). The Kier molecular flexibility index (Phi) is 4.23. The molecule has 0 saturated carbocycles. The maximum absolute atomic E-state index is 13.1. The van der Waals surface area contributed by atoms with Crippen molar-refractivity contribution in [1.82, 2.24) is 0 Å². The van der Waals surface area contributed by atoms with Crippen molar-refractivity contribution in [3.8, 4) is 5.75 Å². The molecule has 3 nitrogen and oxygen atoms in total. The third kappa shape index (κ3) is 3.09. The molecule has 3 aromatic rings. The number of benzene rings is 3. The third-order valence-corrected chi connectivity index (χ3v) is 4.26. The van der Waals surface area contributed by atoms with Crippen LogP contribution in [-0.2, 0) is 0 Å². The van der Waals surface area contributed by atoms with Gasteiger partial charge >= 0.3 is 0 Å². The summed E-state index contributed by atoms with van der Waals surface area (Å²) in [5, 5.41) is 3.07. The molecule has 26 heavy (non-hydrogen) atoms. The molecule has 128 valence electrons. The Hall–Kier alpha value is -3.40. The van der Waals surface area contributed by atoms with E-state index in [-0.39, 0.29) is 11.6 Å². The quantitative estimate of drug-likeness (QED) is 0.668. The number of carbonyl (C=O) groups excluding carboxylic acids is 1. The number of nitrogens with one attached hydrogen (secondary N) is 1. The zero-order chi connectivity index (χ0) is 17.9. The molecule has 4 heteroatoms. The van der Waals surface area contributed by atoms with Crippen LogP contribution in [0, 0.1) is 5.82 Å². The summed E-state index contributed by atoms with van der Waals surface area (Å²) < 4.78 is 19.2. The summed E-state index contributed by atoms with van der Waals surface area (Å²) in [5.74, 6) is 0.178. The van der Waals surface area contributed by atoms with E-state index in [1.807, 2.05) is 42.5 Å². The molecule has 1 N–H and O–H groups in total. The van der Waals surface area contributed by atoms with Gasteiger partial charge in [-0.15, -0.1) is 0 Å². The van der Waals surface area contributed by atoms with Gasteiger partial charge in [0.2, 0.25) is 0 Å². The molecule has 0 spiro atoms. The fourth-order valence-electron chi connectivity index (χ4n) is 2.95. The molecule has 0 fully saturated rings. The number of hydrogen-bond acceptors (Lipinski definition) is 3. The second kappa shape index (κ2) is 6.84. The third-order valence-electron chi connectivity index (χ3n) is 4.26. The summed E-state index contributed by atoms with van der Waals surface area (Å²) in [6, 6.07) is 22.8. The van der Waals surface area contributed by atoms with E-state index in [0.29, 0.717) is 22.6 Å². The van der Waals surface area contributed by atoms with E-state index in [0.717, 1.165) is 5.56 Å². The second-order valence-electron chi connectivity index (χ2n) is 5.98. The molecule has 1 atom stereocenters. The van der Waals surface area contributed by atoms with Gasteiger partial charge in [0.05, 0.1) is 11.1 Å². The lowest BCUT2D eigenvalue weighted by atomic mass is 9.91. The van der Waals surface area contributed by atoms with Crippen LogP contribution < -0.4 is 10.1 Å². The highest BCUT2D eigenvalue weighted by molar-refractivity contribution is 6.12. The molecule has 1 unspecified atom stereocenters.